The molecule has 11 aromatic rings. The van der Waals surface area contributed by atoms with Crippen LogP contribution in [-0.4, -0.2) is 19.1 Å². The molecule has 0 spiro atoms. The van der Waals surface area contributed by atoms with E-state index in [1.807, 2.05) is 12.1 Å². The van der Waals surface area contributed by atoms with Gasteiger partial charge in [0.25, 0.3) is 0 Å². The molecule has 0 amide bonds. The van der Waals surface area contributed by atoms with E-state index in [2.05, 4.69) is 191 Å². The zero-order valence-electron chi connectivity index (χ0n) is 29.3. The van der Waals surface area contributed by atoms with Gasteiger partial charge in [-0.15, -0.1) is 0 Å². The van der Waals surface area contributed by atoms with Gasteiger partial charge in [0.05, 0.1) is 33.3 Å². The quantitative estimate of drug-likeness (QED) is 0.180. The Kier molecular flexibility index (Phi) is 6.82. The minimum Gasteiger partial charge on any atom is -0.309 e. The maximum Gasteiger partial charge on any atom is 0.160 e. The number of rotatable bonds is 5. The Morgan fingerprint density at radius 2 is 0.796 bits per heavy atom. The summed E-state index contributed by atoms with van der Waals surface area (Å²) < 4.78 is 4.73. The van der Waals surface area contributed by atoms with Gasteiger partial charge >= 0.3 is 0 Å². The molecule has 0 bridgehead atoms. The van der Waals surface area contributed by atoms with Gasteiger partial charge in [0, 0.05) is 49.4 Å². The number of hydrogen-bond donors (Lipinski definition) is 0. The second-order valence-corrected chi connectivity index (χ2v) is 13.8. The third kappa shape index (κ3) is 4.78. The Morgan fingerprint density at radius 3 is 1.46 bits per heavy atom. The molecular weight excluding hydrogens is 657 g/mol. The van der Waals surface area contributed by atoms with Gasteiger partial charge in [-0.25, -0.2) is 9.97 Å². The van der Waals surface area contributed by atoms with Gasteiger partial charge in [-0.1, -0.05) is 127 Å². The number of hydrogen-bond acceptors (Lipinski definition) is 2. The van der Waals surface area contributed by atoms with E-state index in [0.29, 0.717) is 5.82 Å². The standard InChI is InChI=1S/C50H32N4/c1-3-14-33(15-4-1)49-41-22-7-10-23-44(41)51-50(52-49)36-16-13-19-38(30-36)54-46-25-12-9-21-40(46)43-32-35(27-29-48(43)54)34-26-28-47-42(31-34)39-20-8-11-24-45(39)53(47)37-17-5-2-6-18-37/h1-32H. The van der Waals surface area contributed by atoms with Crippen LogP contribution in [0, 0.1) is 0 Å². The Labute approximate surface area is 311 Å². The summed E-state index contributed by atoms with van der Waals surface area (Å²) in [4.78, 5) is 10.2. The second kappa shape index (κ2) is 12.1. The third-order valence-electron chi connectivity index (χ3n) is 10.7. The van der Waals surface area contributed by atoms with Crippen LogP contribution in [0.25, 0.3) is 99.7 Å². The van der Waals surface area contributed by atoms with Crippen LogP contribution < -0.4 is 0 Å². The summed E-state index contributed by atoms with van der Waals surface area (Å²) >= 11 is 0. The van der Waals surface area contributed by atoms with Crippen LogP contribution >= 0.6 is 0 Å². The van der Waals surface area contributed by atoms with Crippen molar-refractivity contribution in [1.82, 2.24) is 19.1 Å². The van der Waals surface area contributed by atoms with E-state index in [1.165, 1.54) is 49.4 Å². The number of fused-ring (bicyclic) bond motifs is 7. The average molecular weight is 689 g/mol. The van der Waals surface area contributed by atoms with Crippen LogP contribution in [0.5, 0.6) is 0 Å². The smallest absolute Gasteiger partial charge is 0.160 e. The molecule has 3 aromatic heterocycles. The van der Waals surface area contributed by atoms with E-state index in [4.69, 9.17) is 9.97 Å². The lowest BCUT2D eigenvalue weighted by Crippen LogP contribution is -1.97. The van der Waals surface area contributed by atoms with Crippen molar-refractivity contribution in [1.29, 1.82) is 0 Å². The van der Waals surface area contributed by atoms with E-state index in [0.717, 1.165) is 44.4 Å². The molecule has 54 heavy (non-hydrogen) atoms. The van der Waals surface area contributed by atoms with Gasteiger partial charge in [-0.2, -0.15) is 0 Å². The molecule has 0 unspecified atom stereocenters. The molecule has 0 N–H and O–H groups in total. The third-order valence-corrected chi connectivity index (χ3v) is 10.7. The molecule has 11 rings (SSSR count). The van der Waals surface area contributed by atoms with Crippen molar-refractivity contribution in [3.63, 3.8) is 0 Å². The summed E-state index contributed by atoms with van der Waals surface area (Å²) in [6.45, 7) is 0. The van der Waals surface area contributed by atoms with Crippen LogP contribution in [-0.2, 0) is 0 Å². The molecule has 4 nitrogen and oxygen atoms in total. The molecule has 4 heteroatoms. The highest BCUT2D eigenvalue weighted by Crippen LogP contribution is 2.39. The molecule has 3 heterocycles. The van der Waals surface area contributed by atoms with Crippen LogP contribution in [0.1, 0.15) is 0 Å². The molecule has 8 aromatic carbocycles. The fourth-order valence-corrected chi connectivity index (χ4v) is 8.24. The number of aromatic nitrogens is 4. The van der Waals surface area contributed by atoms with E-state index in [-0.39, 0.29) is 0 Å². The van der Waals surface area contributed by atoms with E-state index in [9.17, 15) is 0 Å². The van der Waals surface area contributed by atoms with Crippen molar-refractivity contribution < 1.29 is 0 Å². The van der Waals surface area contributed by atoms with Gasteiger partial charge < -0.3 is 9.13 Å². The molecule has 0 aliphatic carbocycles. The van der Waals surface area contributed by atoms with Crippen LogP contribution in [0.2, 0.25) is 0 Å². The summed E-state index contributed by atoms with van der Waals surface area (Å²) in [5.74, 6) is 0.710. The molecule has 0 radical (unpaired) electrons. The number of benzene rings is 8. The largest absolute Gasteiger partial charge is 0.309 e. The average Bonchev–Trinajstić information content (AvgIpc) is 3.76. The highest BCUT2D eigenvalue weighted by Gasteiger charge is 2.17. The Morgan fingerprint density at radius 1 is 0.296 bits per heavy atom. The molecule has 0 aliphatic rings. The topological polar surface area (TPSA) is 35.6 Å². The Bertz CT molecular complexity index is 3210. The summed E-state index contributed by atoms with van der Waals surface area (Å²) in [5, 5.41) is 5.98. The van der Waals surface area contributed by atoms with Gasteiger partial charge in [-0.05, 0) is 77.9 Å². The SMILES string of the molecule is c1ccc(-c2nc(-c3cccc(-n4c5ccccc5c5cc(-c6ccc7c(c6)c6ccccc6n7-c6ccccc6)ccc54)c3)nc3ccccc23)cc1. The fraction of sp³-hybridized carbons (Fsp3) is 0. The monoisotopic (exact) mass is 688 g/mol. The van der Waals surface area contributed by atoms with Crippen LogP contribution in [0.15, 0.2) is 194 Å². The van der Waals surface area contributed by atoms with Gasteiger partial charge in [0.2, 0.25) is 0 Å². The second-order valence-electron chi connectivity index (χ2n) is 13.8. The first-order valence-electron chi connectivity index (χ1n) is 18.3. The Balaban J connectivity index is 1.06. The lowest BCUT2D eigenvalue weighted by atomic mass is 10.0. The minimum atomic E-state index is 0.710. The normalized spacial score (nSPS) is 11.7. The van der Waals surface area contributed by atoms with Crippen molar-refractivity contribution in [3.05, 3.63) is 194 Å². The van der Waals surface area contributed by atoms with E-state index >= 15 is 0 Å². The molecule has 0 atom stereocenters. The summed E-state index contributed by atoms with van der Waals surface area (Å²) in [5.41, 5.74) is 13.3. The molecule has 0 fully saturated rings. The lowest BCUT2D eigenvalue weighted by Gasteiger charge is -2.12. The van der Waals surface area contributed by atoms with Gasteiger partial charge in [-0.3, -0.25) is 0 Å². The number of para-hydroxylation sites is 4. The van der Waals surface area contributed by atoms with Gasteiger partial charge in [0.1, 0.15) is 0 Å². The zero-order valence-corrected chi connectivity index (χ0v) is 29.3. The summed E-state index contributed by atoms with van der Waals surface area (Å²) in [7, 11) is 0. The first-order valence-corrected chi connectivity index (χ1v) is 18.3. The van der Waals surface area contributed by atoms with Crippen molar-refractivity contribution in [2.45, 2.75) is 0 Å². The first-order chi connectivity index (χ1) is 26.8. The van der Waals surface area contributed by atoms with Gasteiger partial charge in [0.15, 0.2) is 5.82 Å². The van der Waals surface area contributed by atoms with E-state index < -0.39 is 0 Å². The highest BCUT2D eigenvalue weighted by molar-refractivity contribution is 6.12. The zero-order chi connectivity index (χ0) is 35.6. The van der Waals surface area contributed by atoms with Crippen molar-refractivity contribution in [2.75, 3.05) is 0 Å². The molecule has 0 saturated heterocycles. The van der Waals surface area contributed by atoms with Crippen LogP contribution in [0.4, 0.5) is 0 Å². The van der Waals surface area contributed by atoms with Crippen LogP contribution in [0.3, 0.4) is 0 Å². The fourth-order valence-electron chi connectivity index (χ4n) is 8.24. The summed E-state index contributed by atoms with van der Waals surface area (Å²) in [6.07, 6.45) is 0. The molecule has 0 saturated carbocycles. The predicted molar refractivity (Wildman–Crippen MR) is 225 cm³/mol. The highest BCUT2D eigenvalue weighted by atomic mass is 15.0. The predicted octanol–water partition coefficient (Wildman–Crippen LogP) is 12.8. The minimum absolute atomic E-state index is 0.710. The van der Waals surface area contributed by atoms with E-state index in [1.54, 1.807) is 0 Å². The van der Waals surface area contributed by atoms with Crippen molar-refractivity contribution in [2.24, 2.45) is 0 Å². The lowest BCUT2D eigenvalue weighted by molar-refractivity contribution is 1.17. The summed E-state index contributed by atoms with van der Waals surface area (Å²) in [6, 6.07) is 69.1. The molecule has 252 valence electrons. The van der Waals surface area contributed by atoms with Crippen molar-refractivity contribution in [3.8, 4) is 45.1 Å². The maximum atomic E-state index is 5.17. The molecule has 0 aliphatic heterocycles. The first kappa shape index (κ1) is 30.3. The maximum absolute atomic E-state index is 5.17. The Hall–Kier alpha value is -7.30. The number of nitrogens with zero attached hydrogens (tertiary/aromatic N) is 4. The van der Waals surface area contributed by atoms with Crippen molar-refractivity contribution >= 4 is 54.5 Å². The molecular formula is C50H32N4.